The minimum absolute atomic E-state index is 0.0538. The van der Waals surface area contributed by atoms with Crippen LogP contribution in [0.2, 0.25) is 0 Å². The summed E-state index contributed by atoms with van der Waals surface area (Å²) in [6, 6.07) is 18.5. The average molecular weight is 461 g/mol. The Morgan fingerprint density at radius 2 is 1.73 bits per heavy atom. The molecule has 1 heterocycles. The van der Waals surface area contributed by atoms with E-state index < -0.39 is 16.5 Å². The predicted molar refractivity (Wildman–Crippen MR) is 125 cm³/mol. The molecule has 8 heteroatoms. The molecule has 0 aliphatic carbocycles. The highest BCUT2D eigenvalue weighted by Crippen LogP contribution is 2.35. The van der Waals surface area contributed by atoms with E-state index >= 15 is 0 Å². The van der Waals surface area contributed by atoms with Gasteiger partial charge in [-0.15, -0.1) is 0 Å². The Hall–Kier alpha value is -3.91. The van der Waals surface area contributed by atoms with Crippen molar-refractivity contribution in [2.24, 2.45) is 0 Å². The van der Waals surface area contributed by atoms with Gasteiger partial charge in [-0.05, 0) is 49.7 Å². The largest absolute Gasteiger partial charge is 0.457 e. The van der Waals surface area contributed by atoms with E-state index in [0.717, 1.165) is 16.0 Å². The Kier molecular flexibility index (Phi) is 6.28. The quantitative estimate of drug-likeness (QED) is 0.154. The number of carbonyl (C=O) groups excluding carboxylic acids is 1. The predicted octanol–water partition coefficient (Wildman–Crippen LogP) is 5.83. The van der Waals surface area contributed by atoms with E-state index in [2.05, 4.69) is 0 Å². The van der Waals surface area contributed by atoms with Gasteiger partial charge in [0.05, 0.1) is 15.4 Å². The number of carbonyl (C=O) groups is 1. The molecule has 0 atom stereocenters. The third kappa shape index (κ3) is 5.12. The van der Waals surface area contributed by atoms with Gasteiger partial charge in [-0.1, -0.05) is 41.6 Å². The molecule has 4 aromatic rings. The van der Waals surface area contributed by atoms with Gasteiger partial charge in [0, 0.05) is 28.0 Å². The second-order valence-electron chi connectivity index (χ2n) is 7.52. The highest BCUT2D eigenvalue weighted by Gasteiger charge is 2.20. The number of esters is 1. The summed E-state index contributed by atoms with van der Waals surface area (Å²) < 4.78 is 10.6. The standard InChI is InChI=1S/C25H19NO6S/c1-15-3-7-19(8-4-15)33-23-10-6-17(12-21(23)26(29)30)25(28)31-14-18-13-24(27)32-22-11-16(2)5-9-20(18)22/h3-13H,14H2,1-2H3. The number of nitro benzene ring substituents is 1. The van der Waals surface area contributed by atoms with E-state index in [1.807, 2.05) is 44.2 Å². The molecule has 0 aliphatic heterocycles. The smallest absolute Gasteiger partial charge is 0.338 e. The Bertz CT molecular complexity index is 1430. The zero-order valence-corrected chi connectivity index (χ0v) is 18.7. The van der Waals surface area contributed by atoms with Crippen LogP contribution in [0.1, 0.15) is 27.0 Å². The number of hydrogen-bond donors (Lipinski definition) is 0. The topological polar surface area (TPSA) is 99.7 Å². The molecule has 0 radical (unpaired) electrons. The number of rotatable bonds is 6. The van der Waals surface area contributed by atoms with E-state index in [1.54, 1.807) is 12.1 Å². The summed E-state index contributed by atoms with van der Waals surface area (Å²) in [5.41, 5.74) is 2.24. The van der Waals surface area contributed by atoms with Crippen molar-refractivity contribution in [1.82, 2.24) is 0 Å². The van der Waals surface area contributed by atoms with Gasteiger partial charge in [0.2, 0.25) is 0 Å². The second kappa shape index (κ2) is 9.30. The highest BCUT2D eigenvalue weighted by atomic mass is 32.2. The van der Waals surface area contributed by atoms with Crippen LogP contribution in [0, 0.1) is 24.0 Å². The number of hydrogen-bond acceptors (Lipinski definition) is 7. The van der Waals surface area contributed by atoms with Crippen molar-refractivity contribution in [3.63, 3.8) is 0 Å². The van der Waals surface area contributed by atoms with Crippen molar-refractivity contribution in [3.05, 3.63) is 110 Å². The summed E-state index contributed by atoms with van der Waals surface area (Å²) in [5, 5.41) is 12.3. The summed E-state index contributed by atoms with van der Waals surface area (Å²) in [4.78, 5) is 36.9. The molecule has 7 nitrogen and oxygen atoms in total. The number of fused-ring (bicyclic) bond motifs is 1. The lowest BCUT2D eigenvalue weighted by Gasteiger charge is -2.09. The zero-order chi connectivity index (χ0) is 23.5. The molecule has 0 saturated heterocycles. The first kappa shape index (κ1) is 22.3. The lowest BCUT2D eigenvalue weighted by molar-refractivity contribution is -0.387. The molecule has 0 aliphatic rings. The van der Waals surface area contributed by atoms with Crippen molar-refractivity contribution in [1.29, 1.82) is 0 Å². The first-order chi connectivity index (χ1) is 15.8. The Morgan fingerprint density at radius 3 is 2.45 bits per heavy atom. The van der Waals surface area contributed by atoms with E-state index in [0.29, 0.717) is 21.4 Å². The van der Waals surface area contributed by atoms with Crippen LogP contribution in [-0.2, 0) is 11.3 Å². The van der Waals surface area contributed by atoms with Crippen LogP contribution >= 0.6 is 11.8 Å². The van der Waals surface area contributed by atoms with Crippen LogP contribution < -0.4 is 5.63 Å². The monoisotopic (exact) mass is 461 g/mol. The fourth-order valence-electron chi connectivity index (χ4n) is 3.29. The van der Waals surface area contributed by atoms with Gasteiger partial charge >= 0.3 is 11.6 Å². The van der Waals surface area contributed by atoms with Gasteiger partial charge in [-0.3, -0.25) is 10.1 Å². The SMILES string of the molecule is Cc1ccc(Sc2ccc(C(=O)OCc3cc(=O)oc4cc(C)ccc34)cc2[N+](=O)[O-])cc1. The molecule has 0 spiro atoms. The molecular weight excluding hydrogens is 442 g/mol. The normalized spacial score (nSPS) is 10.8. The van der Waals surface area contributed by atoms with Crippen molar-refractivity contribution >= 4 is 34.4 Å². The molecule has 0 amide bonds. The van der Waals surface area contributed by atoms with Crippen LogP contribution in [-0.4, -0.2) is 10.9 Å². The van der Waals surface area contributed by atoms with Crippen LogP contribution in [0.25, 0.3) is 11.0 Å². The highest BCUT2D eigenvalue weighted by molar-refractivity contribution is 7.99. The number of nitro groups is 1. The third-order valence-electron chi connectivity index (χ3n) is 4.98. The van der Waals surface area contributed by atoms with Crippen molar-refractivity contribution in [2.75, 3.05) is 0 Å². The van der Waals surface area contributed by atoms with Crippen LogP contribution in [0.15, 0.2) is 85.7 Å². The minimum atomic E-state index is -0.724. The molecule has 0 bridgehead atoms. The fourth-order valence-corrected chi connectivity index (χ4v) is 4.19. The Labute approximate surface area is 193 Å². The summed E-state index contributed by atoms with van der Waals surface area (Å²) in [6.07, 6.45) is 0. The fraction of sp³-hybridized carbons (Fsp3) is 0.120. The summed E-state index contributed by atoms with van der Waals surface area (Å²) in [5.74, 6) is -0.724. The Morgan fingerprint density at radius 1 is 1.00 bits per heavy atom. The van der Waals surface area contributed by atoms with E-state index in [4.69, 9.17) is 9.15 Å². The molecule has 0 fully saturated rings. The van der Waals surface area contributed by atoms with Gasteiger partial charge in [0.25, 0.3) is 5.69 Å². The van der Waals surface area contributed by atoms with Crippen molar-refractivity contribution in [2.45, 2.75) is 30.2 Å². The first-order valence-corrected chi connectivity index (χ1v) is 10.9. The first-order valence-electron chi connectivity index (χ1n) is 10.0. The second-order valence-corrected chi connectivity index (χ2v) is 8.64. The number of aryl methyl sites for hydroxylation is 2. The zero-order valence-electron chi connectivity index (χ0n) is 17.9. The number of benzene rings is 3. The maximum absolute atomic E-state index is 12.6. The number of nitrogens with zero attached hydrogens (tertiary/aromatic N) is 1. The lowest BCUT2D eigenvalue weighted by Crippen LogP contribution is -2.08. The maximum atomic E-state index is 12.6. The lowest BCUT2D eigenvalue weighted by atomic mass is 10.1. The van der Waals surface area contributed by atoms with E-state index in [9.17, 15) is 19.7 Å². The minimum Gasteiger partial charge on any atom is -0.457 e. The molecule has 1 aromatic heterocycles. The van der Waals surface area contributed by atoms with Crippen molar-refractivity contribution < 1.29 is 18.9 Å². The number of ether oxygens (including phenoxy) is 1. The van der Waals surface area contributed by atoms with Crippen LogP contribution in [0.4, 0.5) is 5.69 Å². The van der Waals surface area contributed by atoms with E-state index in [1.165, 1.54) is 36.0 Å². The van der Waals surface area contributed by atoms with Gasteiger partial charge in [-0.2, -0.15) is 0 Å². The molecule has 33 heavy (non-hydrogen) atoms. The summed E-state index contributed by atoms with van der Waals surface area (Å²) >= 11 is 1.25. The summed E-state index contributed by atoms with van der Waals surface area (Å²) in [7, 11) is 0. The van der Waals surface area contributed by atoms with Crippen molar-refractivity contribution in [3.8, 4) is 0 Å². The van der Waals surface area contributed by atoms with Gasteiger partial charge in [0.15, 0.2) is 0 Å². The molecule has 0 saturated carbocycles. The van der Waals surface area contributed by atoms with Gasteiger partial charge in [-0.25, -0.2) is 9.59 Å². The Balaban J connectivity index is 1.56. The molecule has 0 N–H and O–H groups in total. The molecule has 3 aromatic carbocycles. The van der Waals surface area contributed by atoms with Crippen LogP contribution in [0.3, 0.4) is 0 Å². The van der Waals surface area contributed by atoms with Gasteiger partial charge in [0.1, 0.15) is 12.2 Å². The van der Waals surface area contributed by atoms with Gasteiger partial charge < -0.3 is 9.15 Å². The van der Waals surface area contributed by atoms with Crippen LogP contribution in [0.5, 0.6) is 0 Å². The molecule has 0 unspecified atom stereocenters. The third-order valence-corrected chi connectivity index (χ3v) is 6.06. The molecule has 166 valence electrons. The van der Waals surface area contributed by atoms with E-state index in [-0.39, 0.29) is 17.9 Å². The summed E-state index contributed by atoms with van der Waals surface area (Å²) in [6.45, 7) is 3.67. The maximum Gasteiger partial charge on any atom is 0.338 e. The molecule has 4 rings (SSSR count). The average Bonchev–Trinajstić information content (AvgIpc) is 2.78. The molecular formula is C25H19NO6S.